The van der Waals surface area contributed by atoms with Gasteiger partial charge in [-0.05, 0) is 43.2 Å². The number of nitrogens with zero attached hydrogens (tertiary/aromatic N) is 3. The summed E-state index contributed by atoms with van der Waals surface area (Å²) in [5.41, 5.74) is -0.404. The number of amides is 1. The van der Waals surface area contributed by atoms with Gasteiger partial charge in [0.1, 0.15) is 5.76 Å². The Bertz CT molecular complexity index is 1080. The minimum atomic E-state index is -4.42. The van der Waals surface area contributed by atoms with E-state index in [9.17, 15) is 18.0 Å². The molecule has 7 nitrogen and oxygen atoms in total. The molecule has 1 fully saturated rings. The van der Waals surface area contributed by atoms with E-state index < -0.39 is 11.7 Å². The number of nitrogens with one attached hydrogen (secondary N) is 2. The van der Waals surface area contributed by atoms with Crippen LogP contribution in [0.3, 0.4) is 0 Å². The summed E-state index contributed by atoms with van der Waals surface area (Å²) >= 11 is 1.27. The van der Waals surface area contributed by atoms with Gasteiger partial charge in [0.05, 0.1) is 30.7 Å². The zero-order valence-corrected chi connectivity index (χ0v) is 19.3. The Hall–Kier alpha value is -2.95. The van der Waals surface area contributed by atoms with Crippen molar-refractivity contribution >= 4 is 23.4 Å². The van der Waals surface area contributed by atoms with Crippen molar-refractivity contribution in [1.82, 2.24) is 20.1 Å². The molecule has 182 valence electrons. The maximum atomic E-state index is 13.0. The van der Waals surface area contributed by atoms with Crippen LogP contribution in [0.15, 0.2) is 52.2 Å². The van der Waals surface area contributed by atoms with Gasteiger partial charge < -0.3 is 15.1 Å². The molecular weight excluding hydrogens is 467 g/mol. The summed E-state index contributed by atoms with van der Waals surface area (Å²) in [7, 11) is 0. The van der Waals surface area contributed by atoms with Crippen LogP contribution in [-0.2, 0) is 24.1 Å². The number of benzene rings is 1. The van der Waals surface area contributed by atoms with E-state index in [-0.39, 0.29) is 24.2 Å². The number of carbonyl (C=O) groups excluding carboxylic acids is 1. The van der Waals surface area contributed by atoms with E-state index in [1.54, 1.807) is 23.0 Å². The molecule has 1 aliphatic carbocycles. The standard InChI is InChI=1S/C23H26F3N5O2S/c24-23(25,26)16-6-4-9-18(12-16)27-13-20-29-30-22(31(20)14-19-10-5-11-33-19)34-15-21(32)28-17-7-2-1-3-8-17/h4-6,9-12,17,27H,1-3,7-8,13-15H2,(H,28,32). The van der Waals surface area contributed by atoms with Crippen molar-refractivity contribution in [3.05, 3.63) is 59.8 Å². The van der Waals surface area contributed by atoms with Crippen LogP contribution in [0.1, 0.15) is 49.3 Å². The first kappa shape index (κ1) is 24.2. The van der Waals surface area contributed by atoms with E-state index in [1.807, 2.05) is 6.07 Å². The van der Waals surface area contributed by atoms with E-state index in [0.29, 0.717) is 29.0 Å². The van der Waals surface area contributed by atoms with Crippen molar-refractivity contribution in [2.24, 2.45) is 0 Å². The number of rotatable bonds is 9. The molecule has 1 aliphatic rings. The van der Waals surface area contributed by atoms with Crippen LogP contribution in [0.5, 0.6) is 0 Å². The molecule has 0 radical (unpaired) electrons. The second-order valence-electron chi connectivity index (χ2n) is 8.19. The van der Waals surface area contributed by atoms with Gasteiger partial charge in [-0.3, -0.25) is 9.36 Å². The molecule has 0 saturated heterocycles. The first-order chi connectivity index (χ1) is 16.4. The quantitative estimate of drug-likeness (QED) is 0.404. The van der Waals surface area contributed by atoms with Crippen molar-refractivity contribution in [1.29, 1.82) is 0 Å². The van der Waals surface area contributed by atoms with E-state index in [1.165, 1.54) is 24.2 Å². The Morgan fingerprint density at radius 1 is 1.15 bits per heavy atom. The minimum absolute atomic E-state index is 0.0481. The molecule has 0 spiro atoms. The predicted molar refractivity (Wildman–Crippen MR) is 122 cm³/mol. The topological polar surface area (TPSA) is 85.0 Å². The van der Waals surface area contributed by atoms with Crippen LogP contribution in [0, 0.1) is 0 Å². The summed E-state index contributed by atoms with van der Waals surface area (Å²) in [4.78, 5) is 12.4. The number of anilines is 1. The lowest BCUT2D eigenvalue weighted by Gasteiger charge is -2.22. The number of carbonyl (C=O) groups is 1. The highest BCUT2D eigenvalue weighted by Gasteiger charge is 2.30. The molecule has 1 saturated carbocycles. The number of furan rings is 1. The highest BCUT2D eigenvalue weighted by atomic mass is 32.2. The minimum Gasteiger partial charge on any atom is -0.467 e. The third-order valence-electron chi connectivity index (χ3n) is 5.63. The summed E-state index contributed by atoms with van der Waals surface area (Å²) in [6.07, 6.45) is 2.65. The maximum Gasteiger partial charge on any atom is 0.416 e. The maximum absolute atomic E-state index is 13.0. The number of thioether (sulfide) groups is 1. The van der Waals surface area contributed by atoms with Crippen molar-refractivity contribution < 1.29 is 22.4 Å². The second-order valence-corrected chi connectivity index (χ2v) is 9.13. The van der Waals surface area contributed by atoms with Gasteiger partial charge in [0.2, 0.25) is 5.91 Å². The Balaban J connectivity index is 1.43. The molecule has 0 atom stereocenters. The number of hydrogen-bond donors (Lipinski definition) is 2. The molecular formula is C23H26F3N5O2S. The van der Waals surface area contributed by atoms with Gasteiger partial charge in [0, 0.05) is 11.7 Å². The zero-order valence-electron chi connectivity index (χ0n) is 18.5. The van der Waals surface area contributed by atoms with Gasteiger partial charge in [-0.15, -0.1) is 10.2 Å². The third-order valence-corrected chi connectivity index (χ3v) is 6.60. The second kappa shape index (κ2) is 11.0. The first-order valence-electron chi connectivity index (χ1n) is 11.2. The molecule has 2 N–H and O–H groups in total. The molecule has 1 aromatic carbocycles. The number of halogens is 3. The van der Waals surface area contributed by atoms with Crippen LogP contribution in [0.2, 0.25) is 0 Å². The predicted octanol–water partition coefficient (Wildman–Crippen LogP) is 5.09. The monoisotopic (exact) mass is 493 g/mol. The van der Waals surface area contributed by atoms with E-state index in [4.69, 9.17) is 4.42 Å². The van der Waals surface area contributed by atoms with Gasteiger partial charge in [-0.2, -0.15) is 13.2 Å². The van der Waals surface area contributed by atoms with Crippen molar-refractivity contribution in [3.63, 3.8) is 0 Å². The molecule has 0 bridgehead atoms. The summed E-state index contributed by atoms with van der Waals surface area (Å²) < 4.78 is 46.3. The zero-order chi connectivity index (χ0) is 24.0. The lowest BCUT2D eigenvalue weighted by molar-refractivity contribution is -0.137. The van der Waals surface area contributed by atoms with Crippen LogP contribution in [-0.4, -0.2) is 32.5 Å². The van der Waals surface area contributed by atoms with Crippen molar-refractivity contribution in [2.75, 3.05) is 11.1 Å². The molecule has 4 rings (SSSR count). The van der Waals surface area contributed by atoms with E-state index in [2.05, 4.69) is 20.8 Å². The Morgan fingerprint density at radius 3 is 2.71 bits per heavy atom. The van der Waals surface area contributed by atoms with Gasteiger partial charge in [-0.1, -0.05) is 37.1 Å². The average Bonchev–Trinajstić information content (AvgIpc) is 3.47. The number of aromatic nitrogens is 3. The Labute approximate surface area is 199 Å². The smallest absolute Gasteiger partial charge is 0.416 e. The number of alkyl halides is 3. The molecule has 2 heterocycles. The largest absolute Gasteiger partial charge is 0.467 e. The van der Waals surface area contributed by atoms with Crippen molar-refractivity contribution in [2.45, 2.75) is 62.6 Å². The fourth-order valence-electron chi connectivity index (χ4n) is 3.91. The normalized spacial score (nSPS) is 14.8. The van der Waals surface area contributed by atoms with Gasteiger partial charge in [0.15, 0.2) is 11.0 Å². The van der Waals surface area contributed by atoms with Crippen LogP contribution in [0.4, 0.5) is 18.9 Å². The van der Waals surface area contributed by atoms with E-state index >= 15 is 0 Å². The molecule has 0 unspecified atom stereocenters. The molecule has 2 aromatic heterocycles. The van der Waals surface area contributed by atoms with Gasteiger partial charge in [-0.25, -0.2) is 0 Å². The van der Waals surface area contributed by atoms with Crippen molar-refractivity contribution in [3.8, 4) is 0 Å². The average molecular weight is 494 g/mol. The van der Waals surface area contributed by atoms with Crippen LogP contribution in [0.25, 0.3) is 0 Å². The summed E-state index contributed by atoms with van der Waals surface area (Å²) in [6.45, 7) is 0.496. The summed E-state index contributed by atoms with van der Waals surface area (Å²) in [5.74, 6) is 1.35. The number of hydrogen-bond acceptors (Lipinski definition) is 6. The van der Waals surface area contributed by atoms with Crippen LogP contribution < -0.4 is 10.6 Å². The SMILES string of the molecule is O=C(CSc1nnc(CNc2cccc(C(F)(F)F)c2)n1Cc1ccco1)NC1CCCCC1. The Morgan fingerprint density at radius 2 is 1.97 bits per heavy atom. The molecule has 0 aliphatic heterocycles. The summed E-state index contributed by atoms with van der Waals surface area (Å²) in [6, 6.07) is 8.81. The lowest BCUT2D eigenvalue weighted by Crippen LogP contribution is -2.37. The van der Waals surface area contributed by atoms with Gasteiger partial charge in [0.25, 0.3) is 0 Å². The summed E-state index contributed by atoms with van der Waals surface area (Å²) in [5, 5.41) is 15.0. The highest BCUT2D eigenvalue weighted by molar-refractivity contribution is 7.99. The molecule has 34 heavy (non-hydrogen) atoms. The third kappa shape index (κ3) is 6.55. The van der Waals surface area contributed by atoms with E-state index in [0.717, 1.165) is 37.8 Å². The van der Waals surface area contributed by atoms with Gasteiger partial charge >= 0.3 is 6.18 Å². The fourth-order valence-corrected chi connectivity index (χ4v) is 4.67. The fraction of sp³-hybridized carbons (Fsp3) is 0.435. The molecule has 3 aromatic rings. The molecule has 1 amide bonds. The first-order valence-corrected chi connectivity index (χ1v) is 12.1. The molecule has 11 heteroatoms. The lowest BCUT2D eigenvalue weighted by atomic mass is 9.95. The van der Waals surface area contributed by atoms with Crippen LogP contribution >= 0.6 is 11.8 Å². The Kier molecular flexibility index (Phi) is 7.81. The highest BCUT2D eigenvalue weighted by Crippen LogP contribution is 2.31.